The number of rotatable bonds is 6. The predicted octanol–water partition coefficient (Wildman–Crippen LogP) is 2.34. The van der Waals surface area contributed by atoms with Gasteiger partial charge in [0.2, 0.25) is 5.91 Å². The number of carbonyl (C=O) groups excluding carboxylic acids is 1. The van der Waals surface area contributed by atoms with Crippen LogP contribution in [-0.2, 0) is 21.2 Å². The number of hydrogen-bond acceptors (Lipinski definition) is 6. The van der Waals surface area contributed by atoms with Gasteiger partial charge in [0.15, 0.2) is 9.84 Å². The zero-order valence-electron chi connectivity index (χ0n) is 14.6. The van der Waals surface area contributed by atoms with E-state index in [9.17, 15) is 13.2 Å². The Morgan fingerprint density at radius 3 is 2.88 bits per heavy atom. The maximum absolute atomic E-state index is 12.4. The van der Waals surface area contributed by atoms with Crippen molar-refractivity contribution in [3.8, 4) is 0 Å². The van der Waals surface area contributed by atoms with Crippen LogP contribution in [0, 0.1) is 6.92 Å². The number of amides is 1. The van der Waals surface area contributed by atoms with Gasteiger partial charge >= 0.3 is 0 Å². The monoisotopic (exact) mass is 416 g/mol. The number of hydrogen-bond donors (Lipinski definition) is 1. The summed E-state index contributed by atoms with van der Waals surface area (Å²) in [6, 6.07) is 5.32. The van der Waals surface area contributed by atoms with Crippen LogP contribution in [0.3, 0.4) is 0 Å². The first-order valence-electron chi connectivity index (χ1n) is 8.21. The summed E-state index contributed by atoms with van der Waals surface area (Å²) >= 11 is 7.42. The molecule has 7 nitrogen and oxygen atoms in total. The van der Waals surface area contributed by atoms with E-state index in [1.807, 2.05) is 31.0 Å². The van der Waals surface area contributed by atoms with Crippen LogP contribution in [0.4, 0.5) is 5.82 Å². The fourth-order valence-corrected chi connectivity index (χ4v) is 5.90. The lowest BCUT2D eigenvalue weighted by Crippen LogP contribution is -2.30. The van der Waals surface area contributed by atoms with Crippen LogP contribution in [0.5, 0.6) is 0 Å². The van der Waals surface area contributed by atoms with Gasteiger partial charge in [0, 0.05) is 17.5 Å². The molecule has 10 heteroatoms. The van der Waals surface area contributed by atoms with Crippen LogP contribution >= 0.6 is 22.9 Å². The summed E-state index contributed by atoms with van der Waals surface area (Å²) in [5.74, 6) is 0.603. The minimum absolute atomic E-state index is 0.0655. The molecule has 3 heterocycles. The van der Waals surface area contributed by atoms with Crippen LogP contribution in [-0.4, -0.2) is 54.1 Å². The van der Waals surface area contributed by atoms with E-state index >= 15 is 0 Å². The molecule has 1 unspecified atom stereocenters. The van der Waals surface area contributed by atoms with Gasteiger partial charge in [-0.25, -0.2) is 13.1 Å². The summed E-state index contributed by atoms with van der Waals surface area (Å²) in [6.45, 7) is 2.66. The predicted molar refractivity (Wildman–Crippen MR) is 104 cm³/mol. The van der Waals surface area contributed by atoms with Crippen molar-refractivity contribution >= 4 is 44.5 Å². The Balaban J connectivity index is 1.62. The summed E-state index contributed by atoms with van der Waals surface area (Å²) in [5.41, 5.74) is 0.742. The summed E-state index contributed by atoms with van der Waals surface area (Å²) in [5, 5.41) is 7.23. The molecular formula is C16H21ClN4O3S2. The van der Waals surface area contributed by atoms with E-state index in [1.54, 1.807) is 10.7 Å². The zero-order chi connectivity index (χ0) is 18.9. The molecule has 26 heavy (non-hydrogen) atoms. The van der Waals surface area contributed by atoms with Crippen LogP contribution in [0.1, 0.15) is 23.0 Å². The number of halogens is 1. The number of likely N-dealkylation sites (N-methyl/N-ethyl adjacent to an activating group) is 1. The molecule has 0 spiro atoms. The van der Waals surface area contributed by atoms with E-state index in [-0.39, 0.29) is 30.0 Å². The third-order valence-corrected chi connectivity index (χ3v) is 7.11. The highest BCUT2D eigenvalue weighted by molar-refractivity contribution is 7.91. The van der Waals surface area contributed by atoms with Crippen LogP contribution < -0.4 is 5.32 Å². The molecule has 2 aromatic heterocycles. The zero-order valence-corrected chi connectivity index (χ0v) is 17.0. The SMILES string of the molecule is Cc1cc(NC(=O)CN(C)Cc2ccc(Cl)s2)n(C2CCS(=O)(=O)C2)n1. The fourth-order valence-electron chi connectivity index (χ4n) is 3.04. The summed E-state index contributed by atoms with van der Waals surface area (Å²) in [6.07, 6.45) is 0.519. The van der Waals surface area contributed by atoms with Crippen molar-refractivity contribution in [2.75, 3.05) is 30.4 Å². The molecular weight excluding hydrogens is 396 g/mol. The van der Waals surface area contributed by atoms with Crippen molar-refractivity contribution in [2.24, 2.45) is 0 Å². The van der Waals surface area contributed by atoms with Gasteiger partial charge in [-0.15, -0.1) is 11.3 Å². The van der Waals surface area contributed by atoms with Crippen molar-refractivity contribution in [3.05, 3.63) is 33.1 Å². The second-order valence-electron chi connectivity index (χ2n) is 6.60. The molecule has 2 aromatic rings. The quantitative estimate of drug-likeness (QED) is 0.781. The standard InChI is InChI=1S/C16H21ClN4O3S2/c1-11-7-15(21(19-11)12-5-6-26(23,24)10-12)18-16(22)9-20(2)8-13-3-4-14(17)25-13/h3-4,7,12H,5-6,8-10H2,1-2H3,(H,18,22). The van der Waals surface area contributed by atoms with Gasteiger partial charge in [0.25, 0.3) is 0 Å². The van der Waals surface area contributed by atoms with E-state index in [4.69, 9.17) is 11.6 Å². The average Bonchev–Trinajstić information content (AvgIpc) is 3.18. The van der Waals surface area contributed by atoms with Gasteiger partial charge < -0.3 is 5.32 Å². The van der Waals surface area contributed by atoms with Gasteiger partial charge in [-0.2, -0.15) is 5.10 Å². The number of nitrogens with zero attached hydrogens (tertiary/aromatic N) is 3. The topological polar surface area (TPSA) is 84.3 Å². The lowest BCUT2D eigenvalue weighted by atomic mass is 10.3. The first kappa shape index (κ1) is 19.3. The molecule has 1 atom stereocenters. The molecule has 0 bridgehead atoms. The number of anilines is 1. The molecule has 0 saturated carbocycles. The van der Waals surface area contributed by atoms with Crippen LogP contribution in [0.25, 0.3) is 0 Å². The smallest absolute Gasteiger partial charge is 0.239 e. The van der Waals surface area contributed by atoms with Gasteiger partial charge in [-0.1, -0.05) is 11.6 Å². The highest BCUT2D eigenvalue weighted by atomic mass is 35.5. The highest BCUT2D eigenvalue weighted by Crippen LogP contribution is 2.27. The normalized spacial score (nSPS) is 19.2. The largest absolute Gasteiger partial charge is 0.310 e. The molecule has 1 saturated heterocycles. The lowest BCUT2D eigenvalue weighted by molar-refractivity contribution is -0.117. The number of aromatic nitrogens is 2. The van der Waals surface area contributed by atoms with Crippen molar-refractivity contribution in [3.63, 3.8) is 0 Å². The summed E-state index contributed by atoms with van der Waals surface area (Å²) < 4.78 is 25.8. The van der Waals surface area contributed by atoms with E-state index in [1.165, 1.54) is 11.3 Å². The van der Waals surface area contributed by atoms with Crippen molar-refractivity contribution in [1.29, 1.82) is 0 Å². The number of thiophene rings is 1. The highest BCUT2D eigenvalue weighted by Gasteiger charge is 2.31. The van der Waals surface area contributed by atoms with E-state index < -0.39 is 9.84 Å². The Bertz CT molecular complexity index is 906. The molecule has 0 radical (unpaired) electrons. The van der Waals surface area contributed by atoms with Crippen LogP contribution in [0.15, 0.2) is 18.2 Å². The van der Waals surface area contributed by atoms with Gasteiger partial charge in [0.1, 0.15) is 5.82 Å². The Hall–Kier alpha value is -1.42. The molecule has 1 aliphatic heterocycles. The molecule has 0 aliphatic carbocycles. The van der Waals surface area contributed by atoms with Gasteiger partial charge in [0.05, 0.1) is 34.1 Å². The van der Waals surface area contributed by atoms with E-state index in [0.29, 0.717) is 18.8 Å². The molecule has 1 amide bonds. The van der Waals surface area contributed by atoms with Gasteiger partial charge in [-0.3, -0.25) is 9.69 Å². The Kier molecular flexibility index (Phi) is 5.71. The number of sulfone groups is 1. The number of aryl methyl sites for hydroxylation is 1. The molecule has 1 aliphatic rings. The van der Waals surface area contributed by atoms with Crippen LogP contribution in [0.2, 0.25) is 4.34 Å². The summed E-state index contributed by atoms with van der Waals surface area (Å²) in [7, 11) is -1.16. The second-order valence-corrected chi connectivity index (χ2v) is 10.6. The maximum Gasteiger partial charge on any atom is 0.239 e. The molecule has 0 aromatic carbocycles. The summed E-state index contributed by atoms with van der Waals surface area (Å²) in [4.78, 5) is 15.4. The average molecular weight is 417 g/mol. The van der Waals surface area contributed by atoms with Gasteiger partial charge in [-0.05, 0) is 32.5 Å². The first-order chi connectivity index (χ1) is 12.2. The molecule has 142 valence electrons. The Morgan fingerprint density at radius 2 is 2.27 bits per heavy atom. The molecule has 3 rings (SSSR count). The Labute approximate surface area is 161 Å². The van der Waals surface area contributed by atoms with E-state index in [2.05, 4.69) is 10.4 Å². The first-order valence-corrected chi connectivity index (χ1v) is 11.2. The minimum atomic E-state index is -3.02. The maximum atomic E-state index is 12.4. The van der Waals surface area contributed by atoms with Crippen molar-refractivity contribution < 1.29 is 13.2 Å². The Morgan fingerprint density at radius 1 is 1.50 bits per heavy atom. The minimum Gasteiger partial charge on any atom is -0.310 e. The number of nitrogens with one attached hydrogen (secondary N) is 1. The van der Waals surface area contributed by atoms with E-state index in [0.717, 1.165) is 14.9 Å². The molecule has 1 fully saturated rings. The second kappa shape index (κ2) is 7.67. The third-order valence-electron chi connectivity index (χ3n) is 4.15. The van der Waals surface area contributed by atoms with Crippen molar-refractivity contribution in [2.45, 2.75) is 25.9 Å². The lowest BCUT2D eigenvalue weighted by Gasteiger charge is -2.17. The number of carbonyl (C=O) groups is 1. The molecule has 1 N–H and O–H groups in total. The fraction of sp³-hybridized carbons (Fsp3) is 0.500. The third kappa shape index (κ3) is 4.85. The van der Waals surface area contributed by atoms with Crippen molar-refractivity contribution in [1.82, 2.24) is 14.7 Å².